The van der Waals surface area contributed by atoms with Gasteiger partial charge in [0.2, 0.25) is 0 Å². The van der Waals surface area contributed by atoms with Gasteiger partial charge in [0.1, 0.15) is 18.8 Å². The molecular weight excluding hydrogens is 997 g/mol. The topological polar surface area (TPSA) is 175 Å². The summed E-state index contributed by atoms with van der Waals surface area (Å²) >= 11 is 0. The lowest BCUT2D eigenvalue weighted by molar-refractivity contribution is -0.301. The molecule has 3 N–H and O–H groups in total. The predicted molar refractivity (Wildman–Crippen MR) is 322 cm³/mol. The summed E-state index contributed by atoms with van der Waals surface area (Å²) in [6.45, 7) is 5.85. The molecule has 1 aliphatic rings. The van der Waals surface area contributed by atoms with Crippen LogP contribution in [0.4, 0.5) is 0 Å². The number of aliphatic hydroxyl groups is 2. The van der Waals surface area contributed by atoms with Crippen LogP contribution in [0.3, 0.4) is 0 Å². The van der Waals surface area contributed by atoms with Gasteiger partial charge in [-0.3, -0.25) is 14.4 Å². The third-order valence-corrected chi connectivity index (χ3v) is 14.2. The molecule has 6 unspecified atom stereocenters. The molecule has 1 saturated heterocycles. The number of esters is 3. The van der Waals surface area contributed by atoms with Crippen molar-refractivity contribution in [2.45, 2.75) is 314 Å². The lowest BCUT2D eigenvalue weighted by atomic mass is 9.98. The number of ether oxygens (including phenoxy) is 5. The maximum Gasteiger partial charge on any atom is 0.335 e. The van der Waals surface area contributed by atoms with Crippen molar-refractivity contribution < 1.29 is 58.2 Å². The number of aliphatic carboxylic acids is 1. The Morgan fingerprint density at radius 1 is 0.430 bits per heavy atom. The molecule has 1 rings (SSSR count). The van der Waals surface area contributed by atoms with Gasteiger partial charge in [-0.15, -0.1) is 0 Å². The average Bonchev–Trinajstić information content (AvgIpc) is 3.46. The summed E-state index contributed by atoms with van der Waals surface area (Å²) in [6.07, 6.45) is 57.2. The van der Waals surface area contributed by atoms with Gasteiger partial charge in [0.15, 0.2) is 24.6 Å². The summed E-state index contributed by atoms with van der Waals surface area (Å²) in [5, 5.41) is 31.5. The quantitative estimate of drug-likeness (QED) is 0.0228. The molecule has 0 saturated carbocycles. The number of rotatable bonds is 54. The monoisotopic (exact) mass is 1110 g/mol. The second-order valence-electron chi connectivity index (χ2n) is 21.7. The zero-order valence-corrected chi connectivity index (χ0v) is 50.1. The van der Waals surface area contributed by atoms with Crippen molar-refractivity contribution in [3.05, 3.63) is 72.9 Å². The Balaban J connectivity index is 2.67. The van der Waals surface area contributed by atoms with Crippen molar-refractivity contribution in [1.29, 1.82) is 0 Å². The molecule has 12 nitrogen and oxygen atoms in total. The number of unbranched alkanes of at least 4 members (excludes halogenated alkanes) is 28. The number of allylic oxidation sites excluding steroid dienone is 12. The summed E-state index contributed by atoms with van der Waals surface area (Å²) in [4.78, 5) is 51.2. The second-order valence-corrected chi connectivity index (χ2v) is 21.7. The Morgan fingerprint density at radius 3 is 1.27 bits per heavy atom. The minimum atomic E-state index is -1.92. The first-order valence-electron chi connectivity index (χ1n) is 31.9. The fourth-order valence-corrected chi connectivity index (χ4v) is 9.35. The molecule has 0 aromatic carbocycles. The van der Waals surface area contributed by atoms with E-state index in [9.17, 15) is 34.5 Å². The molecule has 0 amide bonds. The van der Waals surface area contributed by atoms with Gasteiger partial charge in [-0.2, -0.15) is 0 Å². The van der Waals surface area contributed by atoms with E-state index in [1.807, 2.05) is 0 Å². The van der Waals surface area contributed by atoms with E-state index in [-0.39, 0.29) is 25.9 Å². The van der Waals surface area contributed by atoms with Crippen LogP contribution >= 0.6 is 0 Å². The number of carboxylic acid groups (broad SMARTS) is 1. The minimum Gasteiger partial charge on any atom is -0.479 e. The van der Waals surface area contributed by atoms with E-state index in [1.165, 1.54) is 116 Å². The van der Waals surface area contributed by atoms with Crippen molar-refractivity contribution >= 4 is 23.9 Å². The van der Waals surface area contributed by atoms with E-state index in [2.05, 4.69) is 93.7 Å². The molecular formula is C67H114O12. The van der Waals surface area contributed by atoms with E-state index in [1.54, 1.807) is 0 Å². The summed E-state index contributed by atoms with van der Waals surface area (Å²) in [6, 6.07) is 0. The van der Waals surface area contributed by atoms with E-state index < -0.39 is 67.3 Å². The molecule has 0 aromatic rings. The maximum atomic E-state index is 13.2. The number of carbonyl (C=O) groups is 4. The van der Waals surface area contributed by atoms with Crippen LogP contribution in [-0.2, 0) is 42.9 Å². The summed E-state index contributed by atoms with van der Waals surface area (Å²) in [7, 11) is 0. The minimum absolute atomic E-state index is 0.0230. The smallest absolute Gasteiger partial charge is 0.335 e. The zero-order chi connectivity index (χ0) is 57.5. The van der Waals surface area contributed by atoms with Crippen LogP contribution in [0.5, 0.6) is 0 Å². The van der Waals surface area contributed by atoms with Gasteiger partial charge in [0, 0.05) is 19.3 Å². The van der Waals surface area contributed by atoms with Crippen molar-refractivity contribution in [2.75, 3.05) is 13.2 Å². The van der Waals surface area contributed by atoms with Crippen molar-refractivity contribution in [3.63, 3.8) is 0 Å². The summed E-state index contributed by atoms with van der Waals surface area (Å²) in [5.41, 5.74) is 0. The summed E-state index contributed by atoms with van der Waals surface area (Å²) in [5.74, 6) is -3.16. The van der Waals surface area contributed by atoms with Crippen LogP contribution in [0.25, 0.3) is 0 Å². The Bertz CT molecular complexity index is 1650. The van der Waals surface area contributed by atoms with Crippen LogP contribution in [0.15, 0.2) is 72.9 Å². The fourth-order valence-electron chi connectivity index (χ4n) is 9.35. The van der Waals surface area contributed by atoms with Gasteiger partial charge < -0.3 is 39.0 Å². The molecule has 79 heavy (non-hydrogen) atoms. The largest absolute Gasteiger partial charge is 0.479 e. The highest BCUT2D eigenvalue weighted by atomic mass is 16.7. The molecule has 12 heteroatoms. The first kappa shape index (κ1) is 73.2. The molecule has 0 radical (unpaired) electrons. The number of hydrogen-bond donors (Lipinski definition) is 3. The number of carboxylic acids is 1. The van der Waals surface area contributed by atoms with E-state index in [4.69, 9.17) is 23.7 Å². The number of aliphatic hydroxyl groups excluding tert-OH is 2. The van der Waals surface area contributed by atoms with Crippen LogP contribution in [0.2, 0.25) is 0 Å². The highest BCUT2D eigenvalue weighted by Crippen LogP contribution is 2.26. The van der Waals surface area contributed by atoms with Gasteiger partial charge in [0.05, 0.1) is 6.61 Å². The second kappa shape index (κ2) is 54.7. The SMILES string of the molecule is CC/C=C\C/C=C\C/C=C\CCCCCC(=O)OC1C(OCC(COC(=O)CCCCCCCCCCC/C=C\CCCCCCCC)OC(=O)CCCCCCCCC/C=C\C/C=C\CCCCC)OC(C(=O)O)C(O)C1O. The Kier molecular flexibility index (Phi) is 50.7. The van der Waals surface area contributed by atoms with Crippen molar-refractivity contribution in [2.24, 2.45) is 0 Å². The Hall–Kier alpha value is -3.84. The van der Waals surface area contributed by atoms with Gasteiger partial charge in [-0.25, -0.2) is 4.79 Å². The zero-order valence-electron chi connectivity index (χ0n) is 50.1. The highest BCUT2D eigenvalue weighted by Gasteiger charge is 2.50. The van der Waals surface area contributed by atoms with Crippen LogP contribution in [0, 0.1) is 0 Å². The van der Waals surface area contributed by atoms with Gasteiger partial charge in [-0.1, -0.05) is 222 Å². The fraction of sp³-hybridized carbons (Fsp3) is 0.761. The Labute approximate surface area is 480 Å². The molecule has 1 fully saturated rings. The first-order valence-corrected chi connectivity index (χ1v) is 31.9. The van der Waals surface area contributed by atoms with Crippen LogP contribution in [0.1, 0.15) is 278 Å². The van der Waals surface area contributed by atoms with Gasteiger partial charge in [0.25, 0.3) is 0 Å². The molecule has 1 heterocycles. The lowest BCUT2D eigenvalue weighted by Crippen LogP contribution is -2.61. The highest BCUT2D eigenvalue weighted by molar-refractivity contribution is 5.74. The molecule has 6 atom stereocenters. The molecule has 1 aliphatic heterocycles. The van der Waals surface area contributed by atoms with Crippen LogP contribution < -0.4 is 0 Å². The standard InChI is InChI=1S/C67H114O12/c1-4-7-10-13-16-19-22-25-27-29-30-32-33-36-38-41-44-47-50-53-59(68)75-56-58(77-60(69)54-51-48-45-42-40-37-34-31-28-26-23-20-17-14-11-8-5-2)57-76-67-65(63(72)62(71)64(79-67)66(73)74)78-61(70)55-52-49-46-43-39-35-24-21-18-15-12-9-6-3/h9,12,17-18,20-21,25-28,35,39,58,62-65,67,71-72H,4-8,10-11,13-16,19,22-24,29-34,36-38,40-57H2,1-3H3,(H,73,74)/b12-9-,20-17-,21-18-,27-25-,28-26-,39-35-. The van der Waals surface area contributed by atoms with E-state index in [0.29, 0.717) is 19.3 Å². The summed E-state index contributed by atoms with van der Waals surface area (Å²) < 4.78 is 28.5. The van der Waals surface area contributed by atoms with Gasteiger partial charge in [-0.05, 0) is 109 Å². The molecule has 0 spiro atoms. The molecule has 0 bridgehead atoms. The van der Waals surface area contributed by atoms with E-state index >= 15 is 0 Å². The molecule has 454 valence electrons. The molecule has 0 aromatic heterocycles. The lowest BCUT2D eigenvalue weighted by Gasteiger charge is -2.40. The van der Waals surface area contributed by atoms with E-state index in [0.717, 1.165) is 103 Å². The predicted octanol–water partition coefficient (Wildman–Crippen LogP) is 16.9. The molecule has 0 aliphatic carbocycles. The first-order chi connectivity index (χ1) is 38.6. The van der Waals surface area contributed by atoms with Crippen molar-refractivity contribution in [3.8, 4) is 0 Å². The number of hydrogen-bond acceptors (Lipinski definition) is 11. The normalized spacial score (nSPS) is 18.3. The third-order valence-electron chi connectivity index (χ3n) is 14.2. The third kappa shape index (κ3) is 44.5. The maximum absolute atomic E-state index is 13.2. The average molecular weight is 1110 g/mol. The van der Waals surface area contributed by atoms with Crippen molar-refractivity contribution in [1.82, 2.24) is 0 Å². The number of carbonyl (C=O) groups excluding carboxylic acids is 3. The van der Waals surface area contributed by atoms with Gasteiger partial charge >= 0.3 is 23.9 Å². The Morgan fingerprint density at radius 2 is 0.797 bits per heavy atom. The van der Waals surface area contributed by atoms with Crippen LogP contribution in [-0.4, -0.2) is 89.2 Å².